The van der Waals surface area contributed by atoms with Gasteiger partial charge in [-0.3, -0.25) is 9.69 Å². The molecule has 1 fully saturated rings. The molecule has 1 N–H and O–H groups in total. The Morgan fingerprint density at radius 2 is 1.96 bits per heavy atom. The van der Waals surface area contributed by atoms with Crippen molar-refractivity contribution in [2.24, 2.45) is 0 Å². The number of hydrogen-bond acceptors (Lipinski definition) is 4. The minimum Gasteiger partial charge on any atom is -0.483 e. The average molecular weight is 363 g/mol. The van der Waals surface area contributed by atoms with Gasteiger partial charge in [-0.15, -0.1) is 0 Å². The topological polar surface area (TPSA) is 66.8 Å². The highest BCUT2D eigenvalue weighted by Gasteiger charge is 2.49. The van der Waals surface area contributed by atoms with E-state index in [4.69, 9.17) is 9.84 Å². The minimum absolute atomic E-state index is 0.0598. The maximum absolute atomic E-state index is 12.6. The van der Waals surface area contributed by atoms with Gasteiger partial charge < -0.3 is 9.84 Å². The highest BCUT2D eigenvalue weighted by atomic mass is 16.5. The van der Waals surface area contributed by atoms with Gasteiger partial charge in [0.2, 0.25) is 0 Å². The molecule has 0 saturated carbocycles. The lowest BCUT2D eigenvalue weighted by molar-refractivity contribution is -0.131. The number of likely N-dealkylation sites (tertiary alicyclic amines) is 1. The van der Waals surface area contributed by atoms with E-state index in [0.717, 1.165) is 32.1 Å². The predicted octanol–water partition coefficient (Wildman–Crippen LogP) is 3.05. The van der Waals surface area contributed by atoms with Gasteiger partial charge >= 0.3 is 5.97 Å². The van der Waals surface area contributed by atoms with Crippen molar-refractivity contribution < 1.29 is 19.4 Å². The van der Waals surface area contributed by atoms with Gasteiger partial charge in [0.1, 0.15) is 11.4 Å². The van der Waals surface area contributed by atoms with E-state index in [2.05, 4.69) is 17.0 Å². The second-order valence-corrected chi connectivity index (χ2v) is 7.26. The van der Waals surface area contributed by atoms with Crippen LogP contribution in [0.4, 0.5) is 0 Å². The Bertz CT molecular complexity index is 898. The number of ketones is 1. The molecular weight excluding hydrogens is 342 g/mol. The standard InChI is InChI=1S/C22H21NO4/c24-19-13-22(14-23(15-22)11-10-16-4-2-1-3-5-16)27-20-8-6-17(12-18(19)20)7-9-21(25)26/h1-9,12H,10-11,13-15H2,(H,25,26). The molecule has 0 unspecified atom stereocenters. The van der Waals surface area contributed by atoms with Crippen molar-refractivity contribution in [3.8, 4) is 5.75 Å². The van der Waals surface area contributed by atoms with Crippen LogP contribution in [0.15, 0.2) is 54.6 Å². The summed E-state index contributed by atoms with van der Waals surface area (Å²) < 4.78 is 6.19. The number of hydrogen-bond donors (Lipinski definition) is 1. The number of aliphatic carboxylic acids is 1. The molecule has 0 radical (unpaired) electrons. The van der Waals surface area contributed by atoms with Gasteiger partial charge in [0, 0.05) is 25.7 Å². The first-order valence-corrected chi connectivity index (χ1v) is 9.07. The molecule has 0 aliphatic carbocycles. The highest BCUT2D eigenvalue weighted by molar-refractivity contribution is 6.01. The number of rotatable bonds is 5. The molecular formula is C22H21NO4. The molecule has 5 nitrogen and oxygen atoms in total. The zero-order chi connectivity index (χ0) is 18.9. The lowest BCUT2D eigenvalue weighted by Crippen LogP contribution is -2.67. The Hall–Kier alpha value is -2.92. The van der Waals surface area contributed by atoms with E-state index >= 15 is 0 Å². The molecule has 27 heavy (non-hydrogen) atoms. The lowest BCUT2D eigenvalue weighted by atomic mass is 9.83. The molecule has 2 aliphatic heterocycles. The van der Waals surface area contributed by atoms with Gasteiger partial charge in [-0.2, -0.15) is 0 Å². The van der Waals surface area contributed by atoms with Crippen molar-refractivity contribution in [1.82, 2.24) is 4.90 Å². The Morgan fingerprint density at radius 3 is 2.70 bits per heavy atom. The monoisotopic (exact) mass is 363 g/mol. The van der Waals surface area contributed by atoms with Gasteiger partial charge in [-0.1, -0.05) is 36.4 Å². The van der Waals surface area contributed by atoms with Gasteiger partial charge in [0.15, 0.2) is 5.78 Å². The fourth-order valence-electron chi connectivity index (χ4n) is 3.82. The number of ether oxygens (including phenoxy) is 1. The fourth-order valence-corrected chi connectivity index (χ4v) is 3.82. The quantitative estimate of drug-likeness (QED) is 0.827. The van der Waals surface area contributed by atoms with Crippen LogP contribution >= 0.6 is 0 Å². The second-order valence-electron chi connectivity index (χ2n) is 7.26. The fraction of sp³-hybridized carbons (Fsp3) is 0.273. The molecule has 1 spiro atoms. The number of carbonyl (C=O) groups is 2. The first-order valence-electron chi connectivity index (χ1n) is 9.07. The largest absolute Gasteiger partial charge is 0.483 e. The molecule has 0 atom stereocenters. The van der Waals surface area contributed by atoms with E-state index in [-0.39, 0.29) is 5.78 Å². The molecule has 138 valence electrons. The third-order valence-corrected chi connectivity index (χ3v) is 5.11. The first kappa shape index (κ1) is 17.5. The van der Waals surface area contributed by atoms with Crippen molar-refractivity contribution >= 4 is 17.8 Å². The van der Waals surface area contributed by atoms with Crippen LogP contribution < -0.4 is 4.74 Å². The molecule has 1 saturated heterocycles. The van der Waals surface area contributed by atoms with E-state index in [9.17, 15) is 9.59 Å². The molecule has 2 heterocycles. The highest BCUT2D eigenvalue weighted by Crippen LogP contribution is 2.39. The maximum atomic E-state index is 12.6. The van der Waals surface area contributed by atoms with E-state index < -0.39 is 11.6 Å². The van der Waals surface area contributed by atoms with Crippen molar-refractivity contribution in [3.05, 3.63) is 71.3 Å². The summed E-state index contributed by atoms with van der Waals surface area (Å²) in [6.07, 6.45) is 3.90. The van der Waals surface area contributed by atoms with E-state index in [1.54, 1.807) is 18.2 Å². The van der Waals surface area contributed by atoms with Crippen molar-refractivity contribution in [2.75, 3.05) is 19.6 Å². The van der Waals surface area contributed by atoms with E-state index in [0.29, 0.717) is 23.3 Å². The Morgan fingerprint density at radius 1 is 1.19 bits per heavy atom. The van der Waals surface area contributed by atoms with Gasteiger partial charge in [-0.25, -0.2) is 4.79 Å². The summed E-state index contributed by atoms with van der Waals surface area (Å²) in [5.74, 6) is -0.356. The molecule has 0 amide bonds. The first-order chi connectivity index (χ1) is 13.0. The number of carbonyl (C=O) groups excluding carboxylic acids is 1. The molecule has 4 rings (SSSR count). The number of fused-ring (bicyclic) bond motifs is 1. The van der Waals surface area contributed by atoms with E-state index in [1.807, 2.05) is 18.2 Å². The minimum atomic E-state index is -1.01. The summed E-state index contributed by atoms with van der Waals surface area (Å²) in [6.45, 7) is 2.46. The molecule has 5 heteroatoms. The summed E-state index contributed by atoms with van der Waals surface area (Å²) in [6, 6.07) is 15.6. The molecule has 2 aromatic carbocycles. The predicted molar refractivity (Wildman–Crippen MR) is 102 cm³/mol. The number of benzene rings is 2. The molecule has 0 aromatic heterocycles. The Labute approximate surface area is 157 Å². The lowest BCUT2D eigenvalue weighted by Gasteiger charge is -2.51. The number of carboxylic acid groups (broad SMARTS) is 1. The summed E-state index contributed by atoms with van der Waals surface area (Å²) in [4.78, 5) is 25.6. The third kappa shape index (κ3) is 3.78. The number of Topliss-reactive ketones (excluding diaryl/α,β-unsaturated/α-hetero) is 1. The van der Waals surface area contributed by atoms with Crippen LogP contribution in [-0.4, -0.2) is 47.0 Å². The van der Waals surface area contributed by atoms with Crippen LogP contribution in [0.2, 0.25) is 0 Å². The summed E-state index contributed by atoms with van der Waals surface area (Å²) in [7, 11) is 0. The van der Waals surface area contributed by atoms with Crippen LogP contribution in [-0.2, 0) is 11.2 Å². The molecule has 2 aliphatic rings. The summed E-state index contributed by atoms with van der Waals surface area (Å²) in [5, 5.41) is 8.73. The second kappa shape index (κ2) is 7.00. The molecule has 0 bridgehead atoms. The smallest absolute Gasteiger partial charge is 0.328 e. The van der Waals surface area contributed by atoms with Gasteiger partial charge in [0.25, 0.3) is 0 Å². The maximum Gasteiger partial charge on any atom is 0.328 e. The summed E-state index contributed by atoms with van der Waals surface area (Å²) >= 11 is 0. The zero-order valence-electron chi connectivity index (χ0n) is 14.9. The number of carboxylic acids is 1. The molecule has 2 aromatic rings. The Balaban J connectivity index is 1.39. The third-order valence-electron chi connectivity index (χ3n) is 5.11. The SMILES string of the molecule is O=C(O)C=Cc1ccc2c(c1)C(=O)CC1(CN(CCc3ccccc3)C1)O2. The van der Waals surface area contributed by atoms with Gasteiger partial charge in [0.05, 0.1) is 12.0 Å². The van der Waals surface area contributed by atoms with Crippen LogP contribution in [0.5, 0.6) is 5.75 Å². The number of nitrogens with zero attached hydrogens (tertiary/aromatic N) is 1. The normalized spacial score (nSPS) is 18.1. The van der Waals surface area contributed by atoms with Crippen LogP contribution in [0, 0.1) is 0 Å². The van der Waals surface area contributed by atoms with Crippen LogP contribution in [0.3, 0.4) is 0 Å². The van der Waals surface area contributed by atoms with Crippen LogP contribution in [0.1, 0.15) is 27.9 Å². The Kier molecular flexibility index (Phi) is 4.54. The van der Waals surface area contributed by atoms with Gasteiger partial charge in [-0.05, 0) is 35.8 Å². The van der Waals surface area contributed by atoms with E-state index in [1.165, 1.54) is 11.6 Å². The average Bonchev–Trinajstić information content (AvgIpc) is 2.64. The zero-order valence-corrected chi connectivity index (χ0v) is 14.9. The van der Waals surface area contributed by atoms with Crippen molar-refractivity contribution in [1.29, 1.82) is 0 Å². The summed E-state index contributed by atoms with van der Waals surface area (Å²) in [5.41, 5.74) is 2.11. The van der Waals surface area contributed by atoms with Crippen molar-refractivity contribution in [2.45, 2.75) is 18.4 Å². The van der Waals surface area contributed by atoms with Crippen molar-refractivity contribution in [3.63, 3.8) is 0 Å². The van der Waals surface area contributed by atoms with Crippen LogP contribution in [0.25, 0.3) is 6.08 Å².